The van der Waals surface area contributed by atoms with E-state index in [9.17, 15) is 19.2 Å². The molecule has 8 heteroatoms. The number of anilines is 1. The zero-order chi connectivity index (χ0) is 22.1. The van der Waals surface area contributed by atoms with E-state index in [1.807, 2.05) is 27.7 Å². The Balaban J connectivity index is 1.95. The van der Waals surface area contributed by atoms with E-state index in [-0.39, 0.29) is 43.0 Å². The van der Waals surface area contributed by atoms with Crippen LogP contribution in [0.4, 0.5) is 5.69 Å². The monoisotopic (exact) mass is 415 g/mol. The van der Waals surface area contributed by atoms with Crippen LogP contribution in [0.1, 0.15) is 50.9 Å². The van der Waals surface area contributed by atoms with Gasteiger partial charge in [0.05, 0.1) is 11.3 Å². The summed E-state index contributed by atoms with van der Waals surface area (Å²) in [6, 6.07) is 6.78. The highest BCUT2D eigenvalue weighted by Gasteiger charge is 2.62. The minimum Gasteiger partial charge on any atom is -0.452 e. The summed E-state index contributed by atoms with van der Waals surface area (Å²) in [5.41, 5.74) is -0.775. The van der Waals surface area contributed by atoms with Crippen LogP contribution in [0.3, 0.4) is 0 Å². The van der Waals surface area contributed by atoms with Gasteiger partial charge in [0.1, 0.15) is 0 Å². The first kappa shape index (κ1) is 21.8. The van der Waals surface area contributed by atoms with Crippen LogP contribution in [-0.2, 0) is 19.1 Å². The highest BCUT2D eigenvalue weighted by molar-refractivity contribution is 6.15. The topological polar surface area (TPSA) is 96.0 Å². The van der Waals surface area contributed by atoms with E-state index in [1.165, 1.54) is 9.80 Å². The van der Waals surface area contributed by atoms with E-state index < -0.39 is 24.1 Å². The summed E-state index contributed by atoms with van der Waals surface area (Å²) in [6.45, 7) is 8.09. The predicted octanol–water partition coefficient (Wildman–Crippen LogP) is 1.94. The summed E-state index contributed by atoms with van der Waals surface area (Å²) in [5, 5.41) is 2.70. The molecule has 1 fully saturated rings. The van der Waals surface area contributed by atoms with Gasteiger partial charge in [0.15, 0.2) is 6.61 Å². The third kappa shape index (κ3) is 3.78. The van der Waals surface area contributed by atoms with Crippen molar-refractivity contribution in [2.45, 2.75) is 46.2 Å². The van der Waals surface area contributed by atoms with Crippen molar-refractivity contribution in [1.29, 1.82) is 0 Å². The molecule has 3 rings (SSSR count). The van der Waals surface area contributed by atoms with Crippen molar-refractivity contribution in [3.63, 3.8) is 0 Å². The van der Waals surface area contributed by atoms with Crippen LogP contribution in [0.2, 0.25) is 0 Å². The zero-order valence-corrected chi connectivity index (χ0v) is 17.9. The number of para-hydroxylation sites is 1. The van der Waals surface area contributed by atoms with Crippen molar-refractivity contribution >= 4 is 29.4 Å². The summed E-state index contributed by atoms with van der Waals surface area (Å²) in [6.07, 6.45) is 0.246. The fourth-order valence-electron chi connectivity index (χ4n) is 3.98. The number of carbonyl (C=O) groups is 4. The van der Waals surface area contributed by atoms with Crippen LogP contribution >= 0.6 is 0 Å². The second-order valence-electron chi connectivity index (χ2n) is 8.65. The van der Waals surface area contributed by atoms with Crippen LogP contribution in [0.5, 0.6) is 0 Å². The summed E-state index contributed by atoms with van der Waals surface area (Å²) < 4.78 is 5.37. The number of nitrogens with one attached hydrogen (secondary N) is 1. The van der Waals surface area contributed by atoms with Gasteiger partial charge in [0.2, 0.25) is 11.6 Å². The lowest BCUT2D eigenvalue weighted by molar-refractivity contribution is -0.160. The first-order valence-corrected chi connectivity index (χ1v) is 10.4. The Morgan fingerprint density at radius 3 is 2.50 bits per heavy atom. The third-order valence-electron chi connectivity index (χ3n) is 5.29. The molecule has 1 N–H and O–H groups in total. The highest BCUT2D eigenvalue weighted by Crippen LogP contribution is 2.45. The van der Waals surface area contributed by atoms with E-state index in [2.05, 4.69) is 5.32 Å². The summed E-state index contributed by atoms with van der Waals surface area (Å²) >= 11 is 0. The average molecular weight is 415 g/mol. The molecule has 2 aliphatic heterocycles. The van der Waals surface area contributed by atoms with Crippen LogP contribution < -0.4 is 10.2 Å². The van der Waals surface area contributed by atoms with Gasteiger partial charge in [-0.05, 0) is 24.0 Å². The molecule has 0 aliphatic carbocycles. The molecule has 1 saturated heterocycles. The fourth-order valence-corrected chi connectivity index (χ4v) is 3.98. The Hall–Kier alpha value is -2.90. The quantitative estimate of drug-likeness (QED) is 0.687. The maximum Gasteiger partial charge on any atom is 0.354 e. The largest absolute Gasteiger partial charge is 0.452 e. The summed E-state index contributed by atoms with van der Waals surface area (Å²) in [4.78, 5) is 54.4. The molecule has 8 nitrogen and oxygen atoms in total. The maximum absolute atomic E-state index is 13.3. The lowest BCUT2D eigenvalue weighted by atomic mass is 9.95. The average Bonchev–Trinajstić information content (AvgIpc) is 3.06. The Morgan fingerprint density at radius 1 is 1.13 bits per heavy atom. The van der Waals surface area contributed by atoms with Gasteiger partial charge in [-0.1, -0.05) is 39.8 Å². The Morgan fingerprint density at radius 2 is 1.83 bits per heavy atom. The molecule has 30 heavy (non-hydrogen) atoms. The summed E-state index contributed by atoms with van der Waals surface area (Å²) in [7, 11) is 0. The van der Waals surface area contributed by atoms with E-state index >= 15 is 0 Å². The molecule has 0 saturated carbocycles. The summed E-state index contributed by atoms with van der Waals surface area (Å²) in [5.74, 6) is -1.40. The van der Waals surface area contributed by atoms with Crippen LogP contribution in [0.25, 0.3) is 0 Å². The number of esters is 1. The molecule has 162 valence electrons. The Labute approximate surface area is 176 Å². The molecule has 1 aromatic carbocycles. The number of hydrogen-bond donors (Lipinski definition) is 1. The lowest BCUT2D eigenvalue weighted by Crippen LogP contribution is -2.69. The van der Waals surface area contributed by atoms with E-state index in [1.54, 1.807) is 24.3 Å². The van der Waals surface area contributed by atoms with Crippen LogP contribution in [0, 0.1) is 11.8 Å². The number of rotatable bonds is 7. The number of nitrogens with zero attached hydrogens (tertiary/aromatic N) is 2. The predicted molar refractivity (Wildman–Crippen MR) is 111 cm³/mol. The van der Waals surface area contributed by atoms with Gasteiger partial charge >= 0.3 is 5.97 Å². The van der Waals surface area contributed by atoms with Crippen LogP contribution in [0.15, 0.2) is 24.3 Å². The van der Waals surface area contributed by atoms with Crippen molar-refractivity contribution in [2.24, 2.45) is 11.8 Å². The molecule has 3 amide bonds. The molecule has 0 aromatic heterocycles. The number of hydrogen-bond acceptors (Lipinski definition) is 5. The number of benzene rings is 1. The SMILES string of the molecule is CC(C)CNC(=O)COC(=O)[C@@]12CCC(=O)N1c1ccccc1C(=O)N2CC(C)C. The molecule has 2 aliphatic rings. The van der Waals surface area contributed by atoms with Gasteiger partial charge in [-0.15, -0.1) is 0 Å². The van der Waals surface area contributed by atoms with Gasteiger partial charge in [-0.3, -0.25) is 19.3 Å². The number of ether oxygens (including phenoxy) is 1. The molecule has 1 atom stereocenters. The number of fused-ring (bicyclic) bond motifs is 3. The molecule has 0 unspecified atom stereocenters. The van der Waals surface area contributed by atoms with Crippen molar-refractivity contribution in [3.05, 3.63) is 29.8 Å². The second-order valence-corrected chi connectivity index (χ2v) is 8.65. The minimum absolute atomic E-state index is 0.0655. The Kier molecular flexibility index (Phi) is 6.14. The smallest absolute Gasteiger partial charge is 0.354 e. The number of carbonyl (C=O) groups excluding carboxylic acids is 4. The van der Waals surface area contributed by atoms with Crippen LogP contribution in [-0.4, -0.2) is 54.0 Å². The molecule has 0 spiro atoms. The molecular formula is C22H29N3O5. The Bertz CT molecular complexity index is 866. The normalized spacial score (nSPS) is 20.5. The fraction of sp³-hybridized carbons (Fsp3) is 0.545. The van der Waals surface area contributed by atoms with Gasteiger partial charge < -0.3 is 15.0 Å². The first-order valence-electron chi connectivity index (χ1n) is 10.4. The van der Waals surface area contributed by atoms with E-state index in [4.69, 9.17) is 4.74 Å². The first-order chi connectivity index (χ1) is 14.2. The molecule has 1 aromatic rings. The van der Waals surface area contributed by atoms with Gasteiger partial charge in [0.25, 0.3) is 11.8 Å². The van der Waals surface area contributed by atoms with E-state index in [0.717, 1.165) is 0 Å². The van der Waals surface area contributed by atoms with Crippen molar-refractivity contribution in [2.75, 3.05) is 24.6 Å². The van der Waals surface area contributed by atoms with Gasteiger partial charge in [0, 0.05) is 25.9 Å². The van der Waals surface area contributed by atoms with Crippen molar-refractivity contribution < 1.29 is 23.9 Å². The maximum atomic E-state index is 13.3. The molecule has 0 bridgehead atoms. The number of amides is 3. The third-order valence-corrected chi connectivity index (χ3v) is 5.29. The molecule has 0 radical (unpaired) electrons. The highest BCUT2D eigenvalue weighted by atomic mass is 16.5. The zero-order valence-electron chi connectivity index (χ0n) is 17.9. The van der Waals surface area contributed by atoms with Crippen molar-refractivity contribution in [3.8, 4) is 0 Å². The van der Waals surface area contributed by atoms with Crippen molar-refractivity contribution in [1.82, 2.24) is 10.2 Å². The lowest BCUT2D eigenvalue weighted by Gasteiger charge is -2.48. The second kappa shape index (κ2) is 8.45. The van der Waals surface area contributed by atoms with Gasteiger partial charge in [-0.25, -0.2) is 4.79 Å². The standard InChI is InChI=1S/C22H29N3O5/c1-14(2)11-23-18(26)13-30-21(29)22-10-9-19(27)25(22)17-8-6-5-7-16(17)20(28)24(22)12-15(3)4/h5-8,14-15H,9-13H2,1-4H3,(H,23,26)/t22-/m1/s1. The minimum atomic E-state index is -1.56. The molecule has 2 heterocycles. The van der Waals surface area contributed by atoms with Gasteiger partial charge in [-0.2, -0.15) is 0 Å². The van der Waals surface area contributed by atoms with E-state index in [0.29, 0.717) is 17.8 Å². The molecular weight excluding hydrogens is 386 g/mol.